The molecule has 0 aliphatic rings. The lowest BCUT2D eigenvalue weighted by atomic mass is 10.1. The Morgan fingerprint density at radius 1 is 1.40 bits per heavy atom. The lowest BCUT2D eigenvalue weighted by Crippen LogP contribution is -2.13. The average molecular weight is 376 g/mol. The molecule has 8 heteroatoms. The summed E-state index contributed by atoms with van der Waals surface area (Å²) >= 11 is 3.16. The fourth-order valence-electron chi connectivity index (χ4n) is 2.25. The van der Waals surface area contributed by atoms with Gasteiger partial charge in [0.1, 0.15) is 9.92 Å². The third-order valence-corrected chi connectivity index (χ3v) is 5.49. The minimum atomic E-state index is -0.546. The normalized spacial score (nSPS) is 10.8. The van der Waals surface area contributed by atoms with Crippen molar-refractivity contribution in [2.75, 3.05) is 11.9 Å². The third kappa shape index (κ3) is 4.40. The van der Waals surface area contributed by atoms with Crippen LogP contribution < -0.4 is 10.9 Å². The van der Waals surface area contributed by atoms with Gasteiger partial charge in [0.15, 0.2) is 0 Å². The van der Waals surface area contributed by atoms with Gasteiger partial charge in [-0.1, -0.05) is 11.8 Å². The van der Waals surface area contributed by atoms with Crippen LogP contribution in [0.15, 0.2) is 43.2 Å². The van der Waals surface area contributed by atoms with E-state index in [2.05, 4.69) is 10.3 Å². The predicted molar refractivity (Wildman–Crippen MR) is 99.5 cm³/mol. The van der Waals surface area contributed by atoms with Gasteiger partial charge in [0, 0.05) is 40.0 Å². The van der Waals surface area contributed by atoms with Crippen molar-refractivity contribution in [1.82, 2.24) is 4.98 Å². The van der Waals surface area contributed by atoms with Crippen molar-refractivity contribution < 1.29 is 13.9 Å². The maximum absolute atomic E-state index is 11.9. The van der Waals surface area contributed by atoms with Crippen LogP contribution >= 0.6 is 23.1 Å². The summed E-state index contributed by atoms with van der Waals surface area (Å²) in [5, 5.41) is 5.42. The molecule has 0 saturated heterocycles. The minimum absolute atomic E-state index is 0.284. The molecule has 0 atom stereocenters. The number of fused-ring (bicyclic) bond motifs is 1. The third-order valence-electron chi connectivity index (χ3n) is 3.30. The van der Waals surface area contributed by atoms with Gasteiger partial charge in [-0.3, -0.25) is 5.32 Å². The number of hydrogen-bond acceptors (Lipinski definition) is 7. The molecule has 2 aromatic heterocycles. The van der Waals surface area contributed by atoms with E-state index < -0.39 is 11.7 Å². The van der Waals surface area contributed by atoms with Gasteiger partial charge < -0.3 is 9.15 Å². The maximum atomic E-state index is 11.9. The zero-order chi connectivity index (χ0) is 17.8. The number of rotatable bonds is 5. The topological polar surface area (TPSA) is 81.4 Å². The Hall–Kier alpha value is -2.32. The van der Waals surface area contributed by atoms with E-state index in [0.29, 0.717) is 17.0 Å². The fraction of sp³-hybridized carbons (Fsp3) is 0.235. The highest BCUT2D eigenvalue weighted by molar-refractivity contribution is 8.00. The van der Waals surface area contributed by atoms with E-state index in [1.165, 1.54) is 6.07 Å². The van der Waals surface area contributed by atoms with Crippen LogP contribution in [0.5, 0.6) is 0 Å². The summed E-state index contributed by atoms with van der Waals surface area (Å²) in [7, 11) is 0. The van der Waals surface area contributed by atoms with E-state index in [4.69, 9.17) is 9.15 Å². The molecule has 1 N–H and O–H groups in total. The molecule has 2 heterocycles. The monoisotopic (exact) mass is 376 g/mol. The number of hydrogen-bond donors (Lipinski definition) is 1. The molecule has 0 radical (unpaired) electrons. The van der Waals surface area contributed by atoms with Crippen LogP contribution in [-0.2, 0) is 10.5 Å². The Morgan fingerprint density at radius 3 is 2.96 bits per heavy atom. The van der Waals surface area contributed by atoms with Gasteiger partial charge in [0.05, 0.1) is 6.61 Å². The number of thiazole rings is 1. The first-order valence-electron chi connectivity index (χ1n) is 7.60. The van der Waals surface area contributed by atoms with E-state index >= 15 is 0 Å². The molecule has 1 amide bonds. The standard InChI is InChI=1S/C17H16N2O4S2/c1-3-22-16(21)19-12-4-5-13-11(6-15(20)23-14(13)7-12)9-25-17-18-10(2)8-24-17/h4-8H,3,9H2,1-2H3,(H,19,21). The lowest BCUT2D eigenvalue weighted by Gasteiger charge is -2.08. The van der Waals surface area contributed by atoms with Crippen LogP contribution in [0.3, 0.4) is 0 Å². The van der Waals surface area contributed by atoms with E-state index in [-0.39, 0.29) is 6.61 Å². The van der Waals surface area contributed by atoms with Crippen molar-refractivity contribution >= 4 is 45.8 Å². The summed E-state index contributed by atoms with van der Waals surface area (Å²) in [6.45, 7) is 3.96. The number of benzene rings is 1. The number of aromatic nitrogens is 1. The largest absolute Gasteiger partial charge is 0.450 e. The summed E-state index contributed by atoms with van der Waals surface area (Å²) in [6.07, 6.45) is -0.546. The second-order valence-corrected chi connectivity index (χ2v) is 7.27. The van der Waals surface area contributed by atoms with Crippen LogP contribution in [0.25, 0.3) is 11.0 Å². The first-order valence-corrected chi connectivity index (χ1v) is 9.47. The molecular weight excluding hydrogens is 360 g/mol. The van der Waals surface area contributed by atoms with Crippen molar-refractivity contribution in [3.05, 3.63) is 51.3 Å². The predicted octanol–water partition coefficient (Wildman–Crippen LogP) is 4.42. The molecule has 0 unspecified atom stereocenters. The Kier molecular flexibility index (Phi) is 5.40. The number of ether oxygens (including phenoxy) is 1. The quantitative estimate of drug-likeness (QED) is 0.524. The van der Waals surface area contributed by atoms with Crippen LogP contribution in [-0.4, -0.2) is 17.7 Å². The van der Waals surface area contributed by atoms with Crippen LogP contribution in [0.4, 0.5) is 10.5 Å². The average Bonchev–Trinajstić information content (AvgIpc) is 2.98. The maximum Gasteiger partial charge on any atom is 0.411 e. The Bertz CT molecular complexity index is 965. The molecule has 130 valence electrons. The molecule has 0 fully saturated rings. The molecule has 0 spiro atoms. The van der Waals surface area contributed by atoms with E-state index in [1.807, 2.05) is 18.4 Å². The highest BCUT2D eigenvalue weighted by atomic mass is 32.2. The minimum Gasteiger partial charge on any atom is -0.450 e. The number of thioether (sulfide) groups is 1. The summed E-state index contributed by atoms with van der Waals surface area (Å²) in [5.41, 5.74) is 2.36. The molecule has 3 aromatic rings. The molecule has 1 aromatic carbocycles. The van der Waals surface area contributed by atoms with Crippen molar-refractivity contribution in [3.63, 3.8) is 0 Å². The summed E-state index contributed by atoms with van der Waals surface area (Å²) in [6, 6.07) is 6.69. The summed E-state index contributed by atoms with van der Waals surface area (Å²) < 4.78 is 11.1. The highest BCUT2D eigenvalue weighted by Crippen LogP contribution is 2.29. The van der Waals surface area contributed by atoms with Crippen LogP contribution in [0.2, 0.25) is 0 Å². The SMILES string of the molecule is CCOC(=O)Nc1ccc2c(CSc3nc(C)cs3)cc(=O)oc2c1. The van der Waals surface area contributed by atoms with Gasteiger partial charge in [0.25, 0.3) is 0 Å². The van der Waals surface area contributed by atoms with Gasteiger partial charge in [0.2, 0.25) is 0 Å². The molecular formula is C17H16N2O4S2. The zero-order valence-electron chi connectivity index (χ0n) is 13.7. The van der Waals surface area contributed by atoms with E-state index in [1.54, 1.807) is 42.2 Å². The number of nitrogens with one attached hydrogen (secondary N) is 1. The summed E-state index contributed by atoms with van der Waals surface area (Å²) in [5.74, 6) is 0.611. The molecule has 0 aliphatic heterocycles. The zero-order valence-corrected chi connectivity index (χ0v) is 15.3. The van der Waals surface area contributed by atoms with Crippen molar-refractivity contribution in [1.29, 1.82) is 0 Å². The lowest BCUT2D eigenvalue weighted by molar-refractivity contribution is 0.168. The Labute approximate surface area is 152 Å². The molecule has 0 aliphatic carbocycles. The number of aryl methyl sites for hydroxylation is 1. The van der Waals surface area contributed by atoms with Gasteiger partial charge in [-0.15, -0.1) is 11.3 Å². The van der Waals surface area contributed by atoms with Crippen LogP contribution in [0, 0.1) is 6.92 Å². The fourth-order valence-corrected chi connectivity index (χ4v) is 4.09. The van der Waals surface area contributed by atoms with Crippen molar-refractivity contribution in [2.24, 2.45) is 0 Å². The van der Waals surface area contributed by atoms with Gasteiger partial charge in [-0.2, -0.15) is 0 Å². The smallest absolute Gasteiger partial charge is 0.411 e. The second-order valence-electron chi connectivity index (χ2n) is 5.19. The molecule has 6 nitrogen and oxygen atoms in total. The first kappa shape index (κ1) is 17.5. The molecule has 0 saturated carbocycles. The highest BCUT2D eigenvalue weighted by Gasteiger charge is 2.10. The van der Waals surface area contributed by atoms with Gasteiger partial charge in [-0.25, -0.2) is 14.6 Å². The Balaban J connectivity index is 1.86. The molecule has 0 bridgehead atoms. The van der Waals surface area contributed by atoms with Gasteiger partial charge >= 0.3 is 11.7 Å². The van der Waals surface area contributed by atoms with E-state index in [0.717, 1.165) is 21.0 Å². The number of anilines is 1. The van der Waals surface area contributed by atoms with E-state index in [9.17, 15) is 9.59 Å². The van der Waals surface area contributed by atoms with Crippen molar-refractivity contribution in [3.8, 4) is 0 Å². The second kappa shape index (κ2) is 7.71. The summed E-state index contributed by atoms with van der Waals surface area (Å²) in [4.78, 5) is 27.8. The number of amides is 1. The van der Waals surface area contributed by atoms with Crippen molar-refractivity contribution in [2.45, 2.75) is 23.9 Å². The molecule has 3 rings (SSSR count). The number of carbonyl (C=O) groups excluding carboxylic acids is 1. The Morgan fingerprint density at radius 2 is 2.24 bits per heavy atom. The number of carbonyl (C=O) groups is 1. The van der Waals surface area contributed by atoms with Crippen LogP contribution in [0.1, 0.15) is 18.2 Å². The van der Waals surface area contributed by atoms with Gasteiger partial charge in [-0.05, 0) is 31.5 Å². The first-order chi connectivity index (χ1) is 12.0. The molecule has 25 heavy (non-hydrogen) atoms. The number of nitrogens with zero attached hydrogens (tertiary/aromatic N) is 1.